The largest absolute Gasteiger partial charge is 0.494 e. The number of rotatable bonds is 0. The lowest BCUT2D eigenvalue weighted by atomic mass is 10.4. The molecule has 0 radical (unpaired) electrons. The molecule has 1 amide bonds. The van der Waals surface area contributed by atoms with E-state index in [9.17, 15) is 4.79 Å². The smallest absolute Gasteiger partial charge is 0.265 e. The molecule has 4 nitrogen and oxygen atoms in total. The zero-order chi connectivity index (χ0) is 7.84. The molecular weight excluding hydrogens is 144 g/mol. The van der Waals surface area contributed by atoms with Crippen LogP contribution in [0.15, 0.2) is 17.1 Å². The highest BCUT2D eigenvalue weighted by Crippen LogP contribution is 2.16. The molecular formula is C7H6N2O2. The van der Waals surface area contributed by atoms with E-state index in [1.807, 2.05) is 0 Å². The Labute approximate surface area is 62.8 Å². The van der Waals surface area contributed by atoms with Crippen LogP contribution < -0.4 is 0 Å². The van der Waals surface area contributed by atoms with Crippen molar-refractivity contribution in [3.63, 3.8) is 0 Å². The van der Waals surface area contributed by atoms with Gasteiger partial charge in [-0.1, -0.05) is 0 Å². The molecule has 0 fully saturated rings. The fourth-order valence-electron chi connectivity index (χ4n) is 1.07. The molecule has 1 aromatic heterocycles. The summed E-state index contributed by atoms with van der Waals surface area (Å²) in [5, 5.41) is 9.16. The van der Waals surface area contributed by atoms with Crippen molar-refractivity contribution in [1.29, 1.82) is 0 Å². The summed E-state index contributed by atoms with van der Waals surface area (Å²) < 4.78 is 1.51. The topological polar surface area (TPSA) is 54.6 Å². The SMILES string of the molecule is O=C1Cn2c(O)ccc2C=N1. The summed E-state index contributed by atoms with van der Waals surface area (Å²) in [6, 6.07) is 3.26. The van der Waals surface area contributed by atoms with Crippen molar-refractivity contribution in [2.24, 2.45) is 4.99 Å². The summed E-state index contributed by atoms with van der Waals surface area (Å²) in [4.78, 5) is 14.3. The van der Waals surface area contributed by atoms with Gasteiger partial charge in [-0.2, -0.15) is 0 Å². The standard InChI is InChI=1S/C7H6N2O2/c10-6-4-9-5(3-8-6)1-2-7(9)11/h1-3,11H,4H2. The van der Waals surface area contributed by atoms with E-state index in [1.54, 1.807) is 12.1 Å². The Morgan fingerprint density at radius 3 is 3.18 bits per heavy atom. The summed E-state index contributed by atoms with van der Waals surface area (Å²) in [5.74, 6) is -0.122. The number of nitrogens with zero attached hydrogens (tertiary/aromatic N) is 2. The van der Waals surface area contributed by atoms with Gasteiger partial charge in [-0.05, 0) is 6.07 Å². The minimum atomic E-state index is -0.232. The minimum Gasteiger partial charge on any atom is -0.494 e. The van der Waals surface area contributed by atoms with Gasteiger partial charge in [0.25, 0.3) is 5.91 Å². The molecule has 0 saturated heterocycles. The van der Waals surface area contributed by atoms with Gasteiger partial charge in [-0.15, -0.1) is 0 Å². The Bertz CT molecular complexity index is 338. The first-order valence-electron chi connectivity index (χ1n) is 3.23. The average molecular weight is 150 g/mol. The summed E-state index contributed by atoms with van der Waals surface area (Å²) in [7, 11) is 0. The lowest BCUT2D eigenvalue weighted by molar-refractivity contribution is -0.118. The molecule has 0 aliphatic carbocycles. The molecule has 0 atom stereocenters. The Morgan fingerprint density at radius 1 is 1.55 bits per heavy atom. The van der Waals surface area contributed by atoms with E-state index in [0.717, 1.165) is 5.69 Å². The molecule has 0 saturated carbocycles. The van der Waals surface area contributed by atoms with E-state index in [4.69, 9.17) is 5.11 Å². The van der Waals surface area contributed by atoms with E-state index in [1.165, 1.54) is 10.8 Å². The molecule has 1 aromatic rings. The molecule has 11 heavy (non-hydrogen) atoms. The number of amides is 1. The first-order chi connectivity index (χ1) is 5.27. The molecule has 1 aliphatic heterocycles. The van der Waals surface area contributed by atoms with Gasteiger partial charge in [0, 0.05) is 6.07 Å². The third-order valence-electron chi connectivity index (χ3n) is 1.63. The van der Waals surface area contributed by atoms with Crippen molar-refractivity contribution in [3.8, 4) is 5.88 Å². The van der Waals surface area contributed by atoms with Crippen LogP contribution >= 0.6 is 0 Å². The maximum Gasteiger partial charge on any atom is 0.265 e. The molecule has 2 heterocycles. The zero-order valence-electron chi connectivity index (χ0n) is 5.69. The summed E-state index contributed by atoms with van der Waals surface area (Å²) >= 11 is 0. The van der Waals surface area contributed by atoms with E-state index in [2.05, 4.69) is 4.99 Å². The van der Waals surface area contributed by atoms with Crippen molar-refractivity contribution in [2.75, 3.05) is 0 Å². The van der Waals surface area contributed by atoms with E-state index in [0.29, 0.717) is 0 Å². The van der Waals surface area contributed by atoms with E-state index < -0.39 is 0 Å². The minimum absolute atomic E-state index is 0.111. The Morgan fingerprint density at radius 2 is 2.36 bits per heavy atom. The van der Waals surface area contributed by atoms with E-state index in [-0.39, 0.29) is 18.3 Å². The molecule has 2 rings (SSSR count). The van der Waals surface area contributed by atoms with Crippen molar-refractivity contribution >= 4 is 12.1 Å². The van der Waals surface area contributed by atoms with Crippen LogP contribution in [-0.2, 0) is 11.3 Å². The van der Waals surface area contributed by atoms with Crippen molar-refractivity contribution in [2.45, 2.75) is 6.54 Å². The van der Waals surface area contributed by atoms with Crippen molar-refractivity contribution < 1.29 is 9.90 Å². The Balaban J connectivity index is 2.57. The number of carbonyl (C=O) groups is 1. The van der Waals surface area contributed by atoms with E-state index >= 15 is 0 Å². The van der Waals surface area contributed by atoms with Gasteiger partial charge in [-0.25, -0.2) is 4.99 Å². The van der Waals surface area contributed by atoms with Gasteiger partial charge in [0.2, 0.25) is 0 Å². The number of hydrogen-bond donors (Lipinski definition) is 1. The number of aromatic hydroxyl groups is 1. The molecule has 1 N–H and O–H groups in total. The van der Waals surface area contributed by atoms with Gasteiger partial charge in [0.15, 0.2) is 5.88 Å². The predicted molar refractivity (Wildman–Crippen MR) is 38.7 cm³/mol. The first-order valence-corrected chi connectivity index (χ1v) is 3.23. The number of aliphatic imine (C=N–C) groups is 1. The average Bonchev–Trinajstić information content (AvgIpc) is 2.33. The van der Waals surface area contributed by atoms with Crippen LogP contribution in [0.3, 0.4) is 0 Å². The fraction of sp³-hybridized carbons (Fsp3) is 0.143. The fourth-order valence-corrected chi connectivity index (χ4v) is 1.07. The molecule has 0 aromatic carbocycles. The molecule has 0 bridgehead atoms. The highest BCUT2D eigenvalue weighted by molar-refractivity contribution is 5.94. The Kier molecular flexibility index (Phi) is 1.09. The summed E-state index contributed by atoms with van der Waals surface area (Å²) in [5.41, 5.74) is 0.766. The molecule has 4 heteroatoms. The van der Waals surface area contributed by atoms with Crippen molar-refractivity contribution in [3.05, 3.63) is 17.8 Å². The second kappa shape index (κ2) is 1.95. The molecule has 56 valence electrons. The van der Waals surface area contributed by atoms with Gasteiger partial charge >= 0.3 is 0 Å². The highest BCUT2D eigenvalue weighted by Gasteiger charge is 2.12. The monoisotopic (exact) mass is 150 g/mol. The second-order valence-electron chi connectivity index (χ2n) is 2.35. The van der Waals surface area contributed by atoms with Gasteiger partial charge in [-0.3, -0.25) is 4.79 Å². The number of aromatic nitrogens is 1. The van der Waals surface area contributed by atoms with Gasteiger partial charge in [0.05, 0.1) is 11.9 Å². The van der Waals surface area contributed by atoms with Crippen LogP contribution in [0.5, 0.6) is 5.88 Å². The zero-order valence-corrected chi connectivity index (χ0v) is 5.69. The lowest BCUT2D eigenvalue weighted by Gasteiger charge is -2.07. The maximum absolute atomic E-state index is 10.7. The maximum atomic E-state index is 10.7. The van der Waals surface area contributed by atoms with Crippen LogP contribution in [0, 0.1) is 0 Å². The van der Waals surface area contributed by atoms with Crippen LogP contribution in [0.2, 0.25) is 0 Å². The van der Waals surface area contributed by atoms with Crippen LogP contribution in [0.25, 0.3) is 0 Å². The quantitative estimate of drug-likeness (QED) is 0.572. The molecule has 0 spiro atoms. The third-order valence-corrected chi connectivity index (χ3v) is 1.63. The molecule has 1 aliphatic rings. The third kappa shape index (κ3) is 0.832. The number of carbonyl (C=O) groups excluding carboxylic acids is 1. The number of hydrogen-bond acceptors (Lipinski definition) is 2. The molecule has 0 unspecified atom stereocenters. The highest BCUT2D eigenvalue weighted by atomic mass is 16.3. The van der Waals surface area contributed by atoms with Crippen LogP contribution in [0.4, 0.5) is 0 Å². The van der Waals surface area contributed by atoms with Crippen molar-refractivity contribution in [1.82, 2.24) is 4.57 Å². The normalized spacial score (nSPS) is 15.1. The van der Waals surface area contributed by atoms with Crippen LogP contribution in [0.1, 0.15) is 5.69 Å². The van der Waals surface area contributed by atoms with Gasteiger partial charge < -0.3 is 9.67 Å². The second-order valence-corrected chi connectivity index (χ2v) is 2.35. The Hall–Kier alpha value is -1.58. The number of fused-ring (bicyclic) bond motifs is 1. The predicted octanol–water partition coefficient (Wildman–Crippen LogP) is 0.153. The van der Waals surface area contributed by atoms with Gasteiger partial charge in [0.1, 0.15) is 6.54 Å². The van der Waals surface area contributed by atoms with Crippen LogP contribution in [-0.4, -0.2) is 21.8 Å². The first kappa shape index (κ1) is 6.15. The summed E-state index contributed by atoms with van der Waals surface area (Å²) in [6.45, 7) is 0.144. The summed E-state index contributed by atoms with van der Waals surface area (Å²) in [6.07, 6.45) is 1.45. The lowest BCUT2D eigenvalue weighted by Crippen LogP contribution is -2.14.